The Morgan fingerprint density at radius 3 is 2.95 bits per heavy atom. The van der Waals surface area contributed by atoms with E-state index in [0.717, 1.165) is 12.8 Å². The average Bonchev–Trinajstić information content (AvgIpc) is 2.74. The zero-order chi connectivity index (χ0) is 15.6. The molecular weight excluding hydrogens is 268 g/mol. The monoisotopic (exact) mass is 290 g/mol. The number of nitriles is 1. The molecule has 1 aliphatic heterocycles. The molecular formula is C15H22N4O2. The van der Waals surface area contributed by atoms with Crippen LogP contribution in [-0.4, -0.2) is 16.2 Å². The third-order valence-electron chi connectivity index (χ3n) is 4.25. The van der Waals surface area contributed by atoms with E-state index < -0.39 is 17.3 Å². The molecule has 1 aromatic rings. The smallest absolute Gasteiger partial charge is 0.351 e. The normalized spacial score (nSPS) is 28.7. The molecule has 1 saturated heterocycles. The van der Waals surface area contributed by atoms with E-state index in [9.17, 15) is 10.1 Å². The molecule has 2 heterocycles. The molecule has 1 aromatic heterocycles. The van der Waals surface area contributed by atoms with Gasteiger partial charge in [0.1, 0.15) is 11.2 Å². The van der Waals surface area contributed by atoms with E-state index in [-0.39, 0.29) is 11.7 Å². The predicted octanol–water partition coefficient (Wildman–Crippen LogP) is 1.94. The molecule has 0 bridgehead atoms. The Hall–Kier alpha value is -1.87. The Kier molecular flexibility index (Phi) is 4.33. The van der Waals surface area contributed by atoms with Gasteiger partial charge in [-0.3, -0.25) is 4.57 Å². The van der Waals surface area contributed by atoms with Crippen molar-refractivity contribution < 1.29 is 4.74 Å². The standard InChI is InChI=1S/C15H22N4O2/c1-10(2)4-5-11-8-21-13(15(11,3)9-16)19-7-6-12(17)18-14(19)20/h6-7,10-11,13H,4-5,8H2,1-3H3,(H2,17,18,20). The first-order valence-corrected chi connectivity index (χ1v) is 7.26. The Labute approximate surface area is 124 Å². The van der Waals surface area contributed by atoms with Crippen molar-refractivity contribution in [1.82, 2.24) is 9.55 Å². The summed E-state index contributed by atoms with van der Waals surface area (Å²) in [5, 5.41) is 9.65. The van der Waals surface area contributed by atoms with Crippen LogP contribution < -0.4 is 11.4 Å². The first-order chi connectivity index (χ1) is 9.88. The van der Waals surface area contributed by atoms with Crippen LogP contribution in [0, 0.1) is 28.6 Å². The molecule has 21 heavy (non-hydrogen) atoms. The Bertz CT molecular complexity index is 604. The fraction of sp³-hybridized carbons (Fsp3) is 0.667. The molecule has 0 spiro atoms. The lowest BCUT2D eigenvalue weighted by Crippen LogP contribution is -2.36. The molecule has 0 saturated carbocycles. The topological polar surface area (TPSA) is 93.9 Å². The van der Waals surface area contributed by atoms with Crippen molar-refractivity contribution in [2.75, 3.05) is 12.3 Å². The summed E-state index contributed by atoms with van der Waals surface area (Å²) in [4.78, 5) is 15.7. The maximum Gasteiger partial charge on any atom is 0.351 e. The number of nitrogens with zero attached hydrogens (tertiary/aromatic N) is 3. The van der Waals surface area contributed by atoms with E-state index in [1.807, 2.05) is 6.92 Å². The molecule has 2 N–H and O–H groups in total. The second kappa shape index (κ2) is 5.86. The summed E-state index contributed by atoms with van der Waals surface area (Å²) in [7, 11) is 0. The summed E-state index contributed by atoms with van der Waals surface area (Å²) in [5.74, 6) is 0.858. The van der Waals surface area contributed by atoms with Gasteiger partial charge in [-0.15, -0.1) is 0 Å². The summed E-state index contributed by atoms with van der Waals surface area (Å²) in [6, 6.07) is 3.91. The number of nitrogen functional groups attached to an aromatic ring is 1. The van der Waals surface area contributed by atoms with Crippen molar-refractivity contribution in [2.24, 2.45) is 17.3 Å². The van der Waals surface area contributed by atoms with Gasteiger partial charge in [0.2, 0.25) is 0 Å². The molecule has 6 nitrogen and oxygen atoms in total. The second-order valence-electron chi connectivity index (χ2n) is 6.29. The van der Waals surface area contributed by atoms with Crippen LogP contribution in [0.1, 0.15) is 39.8 Å². The summed E-state index contributed by atoms with van der Waals surface area (Å²) in [5.41, 5.74) is 4.28. The van der Waals surface area contributed by atoms with Crippen molar-refractivity contribution in [1.29, 1.82) is 5.26 Å². The van der Waals surface area contributed by atoms with Gasteiger partial charge in [-0.1, -0.05) is 20.3 Å². The van der Waals surface area contributed by atoms with Crippen molar-refractivity contribution >= 4 is 5.82 Å². The van der Waals surface area contributed by atoms with E-state index in [1.54, 1.807) is 12.3 Å². The van der Waals surface area contributed by atoms with Crippen LogP contribution in [0.15, 0.2) is 17.1 Å². The summed E-state index contributed by atoms with van der Waals surface area (Å²) >= 11 is 0. The van der Waals surface area contributed by atoms with Gasteiger partial charge in [-0.05, 0) is 25.3 Å². The lowest BCUT2D eigenvalue weighted by Gasteiger charge is -2.28. The lowest BCUT2D eigenvalue weighted by molar-refractivity contribution is 0.0130. The first kappa shape index (κ1) is 15.5. The van der Waals surface area contributed by atoms with Gasteiger partial charge in [-0.25, -0.2) is 4.79 Å². The van der Waals surface area contributed by atoms with Crippen LogP contribution in [0.5, 0.6) is 0 Å². The minimum Gasteiger partial charge on any atom is -0.383 e. The Morgan fingerprint density at radius 2 is 2.38 bits per heavy atom. The Balaban J connectivity index is 2.29. The molecule has 1 aliphatic rings. The van der Waals surface area contributed by atoms with Gasteiger partial charge in [0.05, 0.1) is 12.7 Å². The SMILES string of the molecule is CC(C)CCC1COC(n2ccc(N)nc2=O)C1(C)C#N. The Morgan fingerprint density at radius 1 is 1.67 bits per heavy atom. The third-order valence-corrected chi connectivity index (χ3v) is 4.25. The maximum absolute atomic E-state index is 12.0. The second-order valence-corrected chi connectivity index (χ2v) is 6.29. The molecule has 0 amide bonds. The van der Waals surface area contributed by atoms with Gasteiger partial charge in [0.25, 0.3) is 0 Å². The highest BCUT2D eigenvalue weighted by Crippen LogP contribution is 2.47. The highest BCUT2D eigenvalue weighted by molar-refractivity contribution is 5.24. The van der Waals surface area contributed by atoms with Gasteiger partial charge in [0, 0.05) is 12.1 Å². The number of aromatic nitrogens is 2. The van der Waals surface area contributed by atoms with Crippen LogP contribution in [0.4, 0.5) is 5.82 Å². The minimum atomic E-state index is -0.740. The molecule has 3 unspecified atom stereocenters. The fourth-order valence-corrected chi connectivity index (χ4v) is 2.79. The van der Waals surface area contributed by atoms with Crippen LogP contribution >= 0.6 is 0 Å². The number of hydrogen-bond donors (Lipinski definition) is 1. The highest BCUT2D eigenvalue weighted by Gasteiger charge is 2.49. The molecule has 0 aromatic carbocycles. The first-order valence-electron chi connectivity index (χ1n) is 7.26. The van der Waals surface area contributed by atoms with E-state index in [4.69, 9.17) is 10.5 Å². The van der Waals surface area contributed by atoms with Gasteiger partial charge >= 0.3 is 5.69 Å². The zero-order valence-electron chi connectivity index (χ0n) is 12.7. The molecule has 0 radical (unpaired) electrons. The molecule has 6 heteroatoms. The molecule has 0 aliphatic carbocycles. The average molecular weight is 290 g/mol. The minimum absolute atomic E-state index is 0.111. The molecule has 2 rings (SSSR count). The van der Waals surface area contributed by atoms with Gasteiger partial charge < -0.3 is 10.5 Å². The summed E-state index contributed by atoms with van der Waals surface area (Å²) < 4.78 is 7.14. The van der Waals surface area contributed by atoms with Crippen molar-refractivity contribution in [3.8, 4) is 6.07 Å². The largest absolute Gasteiger partial charge is 0.383 e. The molecule has 1 fully saturated rings. The van der Waals surface area contributed by atoms with Gasteiger partial charge in [0.15, 0.2) is 6.23 Å². The molecule has 3 atom stereocenters. The number of hydrogen-bond acceptors (Lipinski definition) is 5. The van der Waals surface area contributed by atoms with Crippen molar-refractivity contribution in [3.05, 3.63) is 22.7 Å². The van der Waals surface area contributed by atoms with E-state index >= 15 is 0 Å². The van der Waals surface area contributed by atoms with E-state index in [2.05, 4.69) is 24.9 Å². The van der Waals surface area contributed by atoms with E-state index in [1.165, 1.54) is 4.57 Å². The fourth-order valence-electron chi connectivity index (χ4n) is 2.79. The van der Waals surface area contributed by atoms with Crippen LogP contribution in [0.25, 0.3) is 0 Å². The predicted molar refractivity (Wildman–Crippen MR) is 79.2 cm³/mol. The lowest BCUT2D eigenvalue weighted by atomic mass is 9.76. The number of anilines is 1. The van der Waals surface area contributed by atoms with Crippen LogP contribution in [0.3, 0.4) is 0 Å². The van der Waals surface area contributed by atoms with Gasteiger partial charge in [-0.2, -0.15) is 10.2 Å². The number of rotatable bonds is 4. The third kappa shape index (κ3) is 2.93. The van der Waals surface area contributed by atoms with Crippen molar-refractivity contribution in [3.63, 3.8) is 0 Å². The van der Waals surface area contributed by atoms with Crippen molar-refractivity contribution in [2.45, 2.75) is 39.8 Å². The van der Waals surface area contributed by atoms with E-state index in [0.29, 0.717) is 12.5 Å². The maximum atomic E-state index is 12.0. The number of nitrogens with two attached hydrogens (primary N) is 1. The highest BCUT2D eigenvalue weighted by atomic mass is 16.5. The quantitative estimate of drug-likeness (QED) is 0.914. The summed E-state index contributed by atoms with van der Waals surface area (Å²) in [6.45, 7) is 6.66. The zero-order valence-corrected chi connectivity index (χ0v) is 12.7. The molecule has 114 valence electrons. The van der Waals surface area contributed by atoms with Crippen LogP contribution in [-0.2, 0) is 4.74 Å². The number of ether oxygens (including phenoxy) is 1. The summed E-state index contributed by atoms with van der Waals surface area (Å²) in [6.07, 6.45) is 2.89. The van der Waals surface area contributed by atoms with Crippen LogP contribution in [0.2, 0.25) is 0 Å².